The largest absolute Gasteiger partial charge is 0.326 e. The standard InChI is InChI=1S/C11H11BrClN3/c1-7-6-16(2)11(14-7)15-8-3-4-10(13)9(12)5-8/h3-6H,1-2H3,(H,14,15). The molecule has 0 spiro atoms. The zero-order valence-electron chi connectivity index (χ0n) is 8.96. The lowest BCUT2D eigenvalue weighted by atomic mass is 10.3. The van der Waals surface area contributed by atoms with Gasteiger partial charge in [-0.05, 0) is 41.1 Å². The van der Waals surface area contributed by atoms with Crippen molar-refractivity contribution in [1.29, 1.82) is 0 Å². The molecule has 0 aliphatic carbocycles. The van der Waals surface area contributed by atoms with E-state index < -0.39 is 0 Å². The zero-order valence-corrected chi connectivity index (χ0v) is 11.3. The summed E-state index contributed by atoms with van der Waals surface area (Å²) >= 11 is 9.31. The first-order valence-electron chi connectivity index (χ1n) is 4.78. The maximum Gasteiger partial charge on any atom is 0.207 e. The van der Waals surface area contributed by atoms with E-state index in [1.165, 1.54) is 0 Å². The van der Waals surface area contributed by atoms with Gasteiger partial charge in [-0.3, -0.25) is 0 Å². The highest BCUT2D eigenvalue weighted by Gasteiger charge is 2.04. The molecule has 5 heteroatoms. The van der Waals surface area contributed by atoms with Crippen LogP contribution in [0.2, 0.25) is 5.02 Å². The van der Waals surface area contributed by atoms with E-state index >= 15 is 0 Å². The van der Waals surface area contributed by atoms with Gasteiger partial charge in [0.1, 0.15) is 0 Å². The second kappa shape index (κ2) is 4.47. The number of rotatable bonds is 2. The zero-order chi connectivity index (χ0) is 11.7. The van der Waals surface area contributed by atoms with Crippen LogP contribution in [-0.2, 0) is 7.05 Å². The molecule has 0 aliphatic rings. The fourth-order valence-electron chi connectivity index (χ4n) is 1.44. The van der Waals surface area contributed by atoms with Gasteiger partial charge in [-0.2, -0.15) is 0 Å². The van der Waals surface area contributed by atoms with Gasteiger partial charge in [0.2, 0.25) is 5.95 Å². The first-order valence-corrected chi connectivity index (χ1v) is 5.95. The van der Waals surface area contributed by atoms with Crippen molar-refractivity contribution in [3.63, 3.8) is 0 Å². The second-order valence-corrected chi connectivity index (χ2v) is 4.83. The van der Waals surface area contributed by atoms with Gasteiger partial charge >= 0.3 is 0 Å². The number of nitrogens with zero attached hydrogens (tertiary/aromatic N) is 2. The van der Waals surface area contributed by atoms with E-state index in [4.69, 9.17) is 11.6 Å². The van der Waals surface area contributed by atoms with Gasteiger partial charge < -0.3 is 9.88 Å². The Labute approximate surface area is 108 Å². The smallest absolute Gasteiger partial charge is 0.207 e. The predicted molar refractivity (Wildman–Crippen MR) is 70.4 cm³/mol. The molecule has 0 amide bonds. The Kier molecular flexibility index (Phi) is 3.21. The number of imidazole rings is 1. The molecule has 1 aromatic heterocycles. The molecule has 84 valence electrons. The normalized spacial score (nSPS) is 10.5. The average molecular weight is 301 g/mol. The number of nitrogens with one attached hydrogen (secondary N) is 1. The topological polar surface area (TPSA) is 29.9 Å². The highest BCUT2D eigenvalue weighted by atomic mass is 79.9. The van der Waals surface area contributed by atoms with Crippen LogP contribution in [0.25, 0.3) is 0 Å². The molecule has 0 bridgehead atoms. The van der Waals surface area contributed by atoms with Crippen LogP contribution in [-0.4, -0.2) is 9.55 Å². The predicted octanol–water partition coefficient (Wildman–Crippen LogP) is 3.89. The third-order valence-corrected chi connectivity index (χ3v) is 3.39. The number of hydrogen-bond acceptors (Lipinski definition) is 2. The summed E-state index contributed by atoms with van der Waals surface area (Å²) in [5.41, 5.74) is 1.93. The van der Waals surface area contributed by atoms with Gasteiger partial charge in [-0.25, -0.2) is 4.98 Å². The third kappa shape index (κ3) is 2.39. The number of aryl methyl sites for hydroxylation is 2. The van der Waals surface area contributed by atoms with E-state index in [1.807, 2.05) is 42.9 Å². The second-order valence-electron chi connectivity index (χ2n) is 3.57. The van der Waals surface area contributed by atoms with E-state index in [0.717, 1.165) is 21.8 Å². The molecule has 16 heavy (non-hydrogen) atoms. The average Bonchev–Trinajstić information content (AvgIpc) is 2.51. The molecule has 0 saturated carbocycles. The molecule has 0 fully saturated rings. The number of aromatic nitrogens is 2. The number of anilines is 2. The van der Waals surface area contributed by atoms with Crippen LogP contribution in [0.4, 0.5) is 11.6 Å². The maximum atomic E-state index is 5.92. The summed E-state index contributed by atoms with van der Waals surface area (Å²) in [5, 5.41) is 3.92. The fourth-order valence-corrected chi connectivity index (χ4v) is 1.93. The van der Waals surface area contributed by atoms with Gasteiger partial charge in [-0.15, -0.1) is 0 Å². The Balaban J connectivity index is 2.27. The lowest BCUT2D eigenvalue weighted by molar-refractivity contribution is 0.923. The number of halogens is 2. The van der Waals surface area contributed by atoms with E-state index in [2.05, 4.69) is 26.2 Å². The van der Waals surface area contributed by atoms with Crippen molar-refractivity contribution >= 4 is 39.2 Å². The van der Waals surface area contributed by atoms with Crippen molar-refractivity contribution in [2.24, 2.45) is 7.05 Å². The Morgan fingerprint density at radius 3 is 2.75 bits per heavy atom. The van der Waals surface area contributed by atoms with Gasteiger partial charge in [0.25, 0.3) is 0 Å². The molecule has 2 rings (SSSR count). The number of benzene rings is 1. The summed E-state index contributed by atoms with van der Waals surface area (Å²) in [6, 6.07) is 5.67. The summed E-state index contributed by atoms with van der Waals surface area (Å²) in [6.45, 7) is 1.96. The molecular formula is C11H11BrClN3. The van der Waals surface area contributed by atoms with Crippen molar-refractivity contribution in [2.45, 2.75) is 6.92 Å². The quantitative estimate of drug-likeness (QED) is 0.912. The summed E-state index contributed by atoms with van der Waals surface area (Å²) in [7, 11) is 1.95. The van der Waals surface area contributed by atoms with Gasteiger partial charge in [-0.1, -0.05) is 11.6 Å². The molecule has 0 atom stereocenters. The first-order chi connectivity index (χ1) is 7.56. The highest BCUT2D eigenvalue weighted by Crippen LogP contribution is 2.26. The van der Waals surface area contributed by atoms with Crippen molar-refractivity contribution in [3.8, 4) is 0 Å². The van der Waals surface area contributed by atoms with E-state index in [1.54, 1.807) is 0 Å². The monoisotopic (exact) mass is 299 g/mol. The molecule has 0 saturated heterocycles. The lowest BCUT2D eigenvalue weighted by Crippen LogP contribution is -1.98. The van der Waals surface area contributed by atoms with Crippen LogP contribution in [0.15, 0.2) is 28.9 Å². The molecule has 1 aromatic carbocycles. The van der Waals surface area contributed by atoms with E-state index in [-0.39, 0.29) is 0 Å². The van der Waals surface area contributed by atoms with Gasteiger partial charge in [0, 0.05) is 23.4 Å². The highest BCUT2D eigenvalue weighted by molar-refractivity contribution is 9.10. The van der Waals surface area contributed by atoms with E-state index in [0.29, 0.717) is 5.02 Å². The molecule has 0 aliphatic heterocycles. The molecule has 0 radical (unpaired) electrons. The van der Waals surface area contributed by atoms with Crippen molar-refractivity contribution < 1.29 is 0 Å². The Morgan fingerprint density at radius 2 is 2.19 bits per heavy atom. The van der Waals surface area contributed by atoms with Crippen LogP contribution >= 0.6 is 27.5 Å². The summed E-state index contributed by atoms with van der Waals surface area (Å²) < 4.78 is 2.81. The molecule has 1 N–H and O–H groups in total. The summed E-state index contributed by atoms with van der Waals surface area (Å²) in [4.78, 5) is 4.36. The molecule has 1 heterocycles. The van der Waals surface area contributed by atoms with E-state index in [9.17, 15) is 0 Å². The number of hydrogen-bond donors (Lipinski definition) is 1. The minimum atomic E-state index is 0.696. The maximum absolute atomic E-state index is 5.92. The Morgan fingerprint density at radius 1 is 1.44 bits per heavy atom. The Bertz CT molecular complexity index is 522. The van der Waals surface area contributed by atoms with Crippen LogP contribution in [0.3, 0.4) is 0 Å². The summed E-state index contributed by atoms with van der Waals surface area (Å²) in [5.74, 6) is 0.812. The lowest BCUT2D eigenvalue weighted by Gasteiger charge is -2.06. The van der Waals surface area contributed by atoms with Crippen LogP contribution in [0.1, 0.15) is 5.69 Å². The molecule has 0 unspecified atom stereocenters. The fraction of sp³-hybridized carbons (Fsp3) is 0.182. The first kappa shape index (κ1) is 11.5. The van der Waals surface area contributed by atoms with Crippen LogP contribution < -0.4 is 5.32 Å². The summed E-state index contributed by atoms with van der Waals surface area (Å²) in [6.07, 6.45) is 1.97. The minimum absolute atomic E-state index is 0.696. The SMILES string of the molecule is Cc1cn(C)c(Nc2ccc(Cl)c(Br)c2)n1. The van der Waals surface area contributed by atoms with Crippen LogP contribution in [0, 0.1) is 6.92 Å². The van der Waals surface area contributed by atoms with Gasteiger partial charge in [0.15, 0.2) is 0 Å². The molecular weight excluding hydrogens is 289 g/mol. The van der Waals surface area contributed by atoms with Crippen LogP contribution in [0.5, 0.6) is 0 Å². The van der Waals surface area contributed by atoms with Crippen molar-refractivity contribution in [2.75, 3.05) is 5.32 Å². The van der Waals surface area contributed by atoms with Gasteiger partial charge in [0.05, 0.1) is 10.7 Å². The van der Waals surface area contributed by atoms with Crippen molar-refractivity contribution in [1.82, 2.24) is 9.55 Å². The Hall–Kier alpha value is -1.00. The molecule has 2 aromatic rings. The molecule has 3 nitrogen and oxygen atoms in total. The third-order valence-electron chi connectivity index (χ3n) is 2.17. The van der Waals surface area contributed by atoms with Crippen molar-refractivity contribution in [3.05, 3.63) is 39.6 Å². The minimum Gasteiger partial charge on any atom is -0.326 e.